The first-order valence-electron chi connectivity index (χ1n) is 13.5. The predicted octanol–water partition coefficient (Wildman–Crippen LogP) is 4.73. The third kappa shape index (κ3) is 6.58. The predicted molar refractivity (Wildman–Crippen MR) is 149 cm³/mol. The summed E-state index contributed by atoms with van der Waals surface area (Å²) in [6, 6.07) is 5.64. The molecule has 8 nitrogen and oxygen atoms in total. The molecule has 5 rings (SSSR count). The van der Waals surface area contributed by atoms with Crippen LogP contribution in [0.4, 0.5) is 11.6 Å². The number of aromatic nitrogens is 2. The molecule has 3 aromatic rings. The number of nitrogens with one attached hydrogen (secondary N) is 2. The summed E-state index contributed by atoms with van der Waals surface area (Å²) in [5, 5.41) is 19.5. The van der Waals surface area contributed by atoms with Crippen LogP contribution < -0.4 is 10.6 Å². The minimum absolute atomic E-state index is 0.149. The molecule has 2 aliphatic rings. The van der Waals surface area contributed by atoms with Gasteiger partial charge < -0.3 is 25.4 Å². The van der Waals surface area contributed by atoms with Crippen LogP contribution in [0.25, 0.3) is 10.1 Å². The highest BCUT2D eigenvalue weighted by Crippen LogP contribution is 2.30. The Labute approximate surface area is 222 Å². The van der Waals surface area contributed by atoms with E-state index < -0.39 is 12.0 Å². The number of nitrogens with zero attached hydrogens (tertiary/aromatic N) is 3. The van der Waals surface area contributed by atoms with Crippen LogP contribution >= 0.6 is 11.3 Å². The van der Waals surface area contributed by atoms with Gasteiger partial charge in [-0.05, 0) is 87.2 Å². The van der Waals surface area contributed by atoms with E-state index in [1.165, 1.54) is 17.5 Å². The molecule has 0 bridgehead atoms. The summed E-state index contributed by atoms with van der Waals surface area (Å²) >= 11 is 1.59. The van der Waals surface area contributed by atoms with Crippen molar-refractivity contribution in [3.8, 4) is 0 Å². The lowest BCUT2D eigenvalue weighted by atomic mass is 10.1. The number of carboxylic acids is 1. The first kappa shape index (κ1) is 25.9. The Kier molecular flexibility index (Phi) is 8.53. The Morgan fingerprint density at radius 2 is 2.27 bits per heavy atom. The highest BCUT2D eigenvalue weighted by molar-refractivity contribution is 7.18. The number of rotatable bonds is 11. The Balaban J connectivity index is 1.06. The number of thiophene rings is 1. The Morgan fingerprint density at radius 3 is 3.16 bits per heavy atom. The van der Waals surface area contributed by atoms with Crippen molar-refractivity contribution in [1.82, 2.24) is 14.9 Å². The van der Waals surface area contributed by atoms with Gasteiger partial charge in [-0.15, -0.1) is 11.3 Å². The van der Waals surface area contributed by atoms with Crippen molar-refractivity contribution in [3.63, 3.8) is 0 Å². The quantitative estimate of drug-likeness (QED) is 0.332. The molecule has 0 aromatic carbocycles. The van der Waals surface area contributed by atoms with Gasteiger partial charge >= 0.3 is 5.97 Å². The Hall–Kier alpha value is -2.75. The van der Waals surface area contributed by atoms with Crippen LogP contribution in [-0.2, 0) is 22.4 Å². The Bertz CT molecular complexity index is 1220. The van der Waals surface area contributed by atoms with Gasteiger partial charge in [0.25, 0.3) is 0 Å². The summed E-state index contributed by atoms with van der Waals surface area (Å²) in [5.41, 5.74) is 3.67. The first-order valence-corrected chi connectivity index (χ1v) is 14.3. The van der Waals surface area contributed by atoms with E-state index >= 15 is 0 Å². The largest absolute Gasteiger partial charge is 0.480 e. The number of carbonyl (C=O) groups is 1. The molecule has 3 aromatic heterocycles. The SMILES string of the molecule is Cc1csc2c(N[C@@H](CCO[C@@H]3CCCN(CCCc4ccc5c(n4)NCCC5)C3)C(=O)O)nccc12. The van der Waals surface area contributed by atoms with E-state index in [1.54, 1.807) is 17.5 Å². The van der Waals surface area contributed by atoms with Crippen LogP contribution in [0.5, 0.6) is 0 Å². The Morgan fingerprint density at radius 1 is 1.35 bits per heavy atom. The molecule has 9 heteroatoms. The van der Waals surface area contributed by atoms with E-state index in [4.69, 9.17) is 9.72 Å². The van der Waals surface area contributed by atoms with Gasteiger partial charge in [-0.25, -0.2) is 14.8 Å². The van der Waals surface area contributed by atoms with Crippen molar-refractivity contribution in [2.45, 2.75) is 64.0 Å². The van der Waals surface area contributed by atoms with Crippen molar-refractivity contribution in [2.75, 3.05) is 43.4 Å². The number of aryl methyl sites for hydroxylation is 3. The van der Waals surface area contributed by atoms with E-state index in [1.807, 2.05) is 6.07 Å². The zero-order chi connectivity index (χ0) is 25.6. The fourth-order valence-corrected chi connectivity index (χ4v) is 6.31. The lowest BCUT2D eigenvalue weighted by Crippen LogP contribution is -2.41. The lowest BCUT2D eigenvalue weighted by Gasteiger charge is -2.32. The van der Waals surface area contributed by atoms with Crippen molar-refractivity contribution < 1.29 is 14.6 Å². The maximum absolute atomic E-state index is 11.9. The molecule has 0 radical (unpaired) electrons. The highest BCUT2D eigenvalue weighted by atomic mass is 32.1. The van der Waals surface area contributed by atoms with Gasteiger partial charge in [-0.2, -0.15) is 0 Å². The smallest absolute Gasteiger partial charge is 0.326 e. The molecule has 0 unspecified atom stereocenters. The number of fused-ring (bicyclic) bond motifs is 2. The van der Waals surface area contributed by atoms with Crippen LogP contribution in [0.2, 0.25) is 0 Å². The lowest BCUT2D eigenvalue weighted by molar-refractivity contribution is -0.138. The van der Waals surface area contributed by atoms with E-state index in [0.29, 0.717) is 18.8 Å². The van der Waals surface area contributed by atoms with E-state index in [9.17, 15) is 9.90 Å². The molecule has 198 valence electrons. The molecular formula is C28H37N5O3S. The zero-order valence-corrected chi connectivity index (χ0v) is 22.4. The normalized spacial score (nSPS) is 18.8. The van der Waals surface area contributed by atoms with Crippen molar-refractivity contribution in [1.29, 1.82) is 0 Å². The van der Waals surface area contributed by atoms with E-state index in [-0.39, 0.29) is 6.10 Å². The number of likely N-dealkylation sites (tertiary alicyclic amines) is 1. The molecule has 1 saturated heterocycles. The van der Waals surface area contributed by atoms with Gasteiger partial charge in [-0.3, -0.25) is 0 Å². The van der Waals surface area contributed by atoms with Crippen LogP contribution in [-0.4, -0.2) is 70.9 Å². The second kappa shape index (κ2) is 12.2. The standard InChI is InChI=1S/C28H37N5O3S/c1-19-18-37-25-23(19)10-13-30-27(25)32-24(28(34)35)11-16-36-22-7-4-15-33(17-22)14-3-6-21-9-8-20-5-2-12-29-26(20)31-21/h8-10,13,18,22,24H,2-7,11-12,14-17H2,1H3,(H,29,31)(H,30,32)(H,34,35)/t22-,24+/m1/s1. The van der Waals surface area contributed by atoms with E-state index in [0.717, 1.165) is 79.9 Å². The molecule has 2 aliphatic heterocycles. The van der Waals surface area contributed by atoms with Crippen LogP contribution in [0, 0.1) is 6.92 Å². The van der Waals surface area contributed by atoms with Crippen molar-refractivity contribution in [3.05, 3.63) is 46.6 Å². The average molecular weight is 524 g/mol. The summed E-state index contributed by atoms with van der Waals surface area (Å²) < 4.78 is 7.16. The number of hydrogen-bond donors (Lipinski definition) is 3. The van der Waals surface area contributed by atoms with Gasteiger partial charge in [0.2, 0.25) is 0 Å². The maximum atomic E-state index is 11.9. The topological polar surface area (TPSA) is 99.6 Å². The fourth-order valence-electron chi connectivity index (χ4n) is 5.31. The van der Waals surface area contributed by atoms with E-state index in [2.05, 4.69) is 45.0 Å². The number of pyridine rings is 2. The molecule has 0 amide bonds. The molecule has 1 fully saturated rings. The summed E-state index contributed by atoms with van der Waals surface area (Å²) in [7, 11) is 0. The second-order valence-electron chi connectivity index (χ2n) is 10.2. The minimum atomic E-state index is -0.882. The van der Waals surface area contributed by atoms with Gasteiger partial charge in [0.1, 0.15) is 17.7 Å². The van der Waals surface area contributed by atoms with Gasteiger partial charge in [0.05, 0.1) is 10.8 Å². The van der Waals surface area contributed by atoms with Gasteiger partial charge in [0.15, 0.2) is 0 Å². The average Bonchev–Trinajstić information content (AvgIpc) is 3.29. The molecule has 0 spiro atoms. The summed E-state index contributed by atoms with van der Waals surface area (Å²) in [4.78, 5) is 23.6. The van der Waals surface area contributed by atoms with Crippen LogP contribution in [0.1, 0.15) is 48.9 Å². The van der Waals surface area contributed by atoms with Crippen LogP contribution in [0.15, 0.2) is 29.8 Å². The molecule has 5 heterocycles. The number of aliphatic carboxylic acids is 1. The van der Waals surface area contributed by atoms with Gasteiger partial charge in [0, 0.05) is 43.4 Å². The molecule has 37 heavy (non-hydrogen) atoms. The third-order valence-electron chi connectivity index (χ3n) is 7.37. The third-order valence-corrected chi connectivity index (χ3v) is 8.49. The number of anilines is 2. The zero-order valence-electron chi connectivity index (χ0n) is 21.5. The molecule has 0 saturated carbocycles. The number of carboxylic acid groups (broad SMARTS) is 1. The first-order chi connectivity index (χ1) is 18.1. The fraction of sp³-hybridized carbons (Fsp3) is 0.536. The van der Waals surface area contributed by atoms with Crippen molar-refractivity contribution >= 4 is 39.0 Å². The summed E-state index contributed by atoms with van der Waals surface area (Å²) in [6.45, 7) is 6.51. The second-order valence-corrected chi connectivity index (χ2v) is 11.0. The minimum Gasteiger partial charge on any atom is -0.480 e. The molecule has 0 aliphatic carbocycles. The number of piperidine rings is 1. The molecule has 3 N–H and O–H groups in total. The summed E-state index contributed by atoms with van der Waals surface area (Å²) in [5.74, 6) is 0.824. The number of hydrogen-bond acceptors (Lipinski definition) is 8. The maximum Gasteiger partial charge on any atom is 0.326 e. The van der Waals surface area contributed by atoms with Gasteiger partial charge in [-0.1, -0.05) is 6.07 Å². The monoisotopic (exact) mass is 523 g/mol. The van der Waals surface area contributed by atoms with Crippen LogP contribution in [0.3, 0.4) is 0 Å². The molecule has 2 atom stereocenters. The highest BCUT2D eigenvalue weighted by Gasteiger charge is 2.23. The molecular weight excluding hydrogens is 486 g/mol. The summed E-state index contributed by atoms with van der Waals surface area (Å²) in [6.07, 6.45) is 8.76. The van der Waals surface area contributed by atoms with Crippen molar-refractivity contribution in [2.24, 2.45) is 0 Å². The number of ether oxygens (including phenoxy) is 1.